The Morgan fingerprint density at radius 1 is 1.52 bits per heavy atom. The van der Waals surface area contributed by atoms with Crippen molar-refractivity contribution in [3.8, 4) is 10.7 Å². The van der Waals surface area contributed by atoms with Gasteiger partial charge in [-0.15, -0.1) is 11.3 Å². The van der Waals surface area contributed by atoms with Gasteiger partial charge in [0.15, 0.2) is 0 Å². The minimum atomic E-state index is -0.104. The van der Waals surface area contributed by atoms with E-state index in [4.69, 9.17) is 9.26 Å². The lowest BCUT2D eigenvalue weighted by Crippen LogP contribution is -2.36. The molecule has 1 saturated heterocycles. The first-order valence-electron chi connectivity index (χ1n) is 6.93. The molecule has 0 spiro atoms. The van der Waals surface area contributed by atoms with Crippen molar-refractivity contribution in [2.24, 2.45) is 5.92 Å². The summed E-state index contributed by atoms with van der Waals surface area (Å²) in [6.07, 6.45) is 1.64. The van der Waals surface area contributed by atoms with Gasteiger partial charge in [0.25, 0.3) is 0 Å². The summed E-state index contributed by atoms with van der Waals surface area (Å²) < 4.78 is 10.1. The SMILES string of the molecule is COC(=O)C1CCN(Cc2nc(-c3cccs3)no2)CC1. The van der Waals surface area contributed by atoms with E-state index in [1.54, 1.807) is 11.3 Å². The van der Waals surface area contributed by atoms with Gasteiger partial charge in [-0.25, -0.2) is 0 Å². The summed E-state index contributed by atoms with van der Waals surface area (Å²) in [4.78, 5) is 19.1. The van der Waals surface area contributed by atoms with Gasteiger partial charge in [-0.05, 0) is 37.4 Å². The predicted molar refractivity (Wildman–Crippen MR) is 77.6 cm³/mol. The maximum Gasteiger partial charge on any atom is 0.308 e. The normalized spacial score (nSPS) is 17.0. The number of aromatic nitrogens is 2. The molecule has 0 aromatic carbocycles. The average Bonchev–Trinajstić information content (AvgIpc) is 3.18. The molecule has 0 atom stereocenters. The number of piperidine rings is 1. The molecule has 1 aliphatic heterocycles. The van der Waals surface area contributed by atoms with Gasteiger partial charge in [-0.3, -0.25) is 9.69 Å². The van der Waals surface area contributed by atoms with Crippen LogP contribution in [-0.2, 0) is 16.1 Å². The summed E-state index contributed by atoms with van der Waals surface area (Å²) in [5, 5.41) is 5.99. The van der Waals surface area contributed by atoms with E-state index in [1.165, 1.54) is 7.11 Å². The summed E-state index contributed by atoms with van der Waals surface area (Å²) in [5.74, 6) is 1.18. The highest BCUT2D eigenvalue weighted by atomic mass is 32.1. The molecule has 3 rings (SSSR count). The van der Waals surface area contributed by atoms with Gasteiger partial charge in [0.05, 0.1) is 24.4 Å². The van der Waals surface area contributed by atoms with Crippen molar-refractivity contribution in [1.82, 2.24) is 15.0 Å². The highest BCUT2D eigenvalue weighted by Gasteiger charge is 2.26. The molecule has 7 heteroatoms. The summed E-state index contributed by atoms with van der Waals surface area (Å²) in [6, 6.07) is 3.94. The molecule has 2 aromatic heterocycles. The first kappa shape index (κ1) is 14.2. The number of thiophene rings is 1. The number of carbonyl (C=O) groups excluding carboxylic acids is 1. The fourth-order valence-electron chi connectivity index (χ4n) is 2.51. The van der Waals surface area contributed by atoms with Gasteiger partial charge in [0.1, 0.15) is 0 Å². The molecule has 0 saturated carbocycles. The van der Waals surface area contributed by atoms with E-state index in [1.807, 2.05) is 17.5 Å². The van der Waals surface area contributed by atoms with Crippen LogP contribution < -0.4 is 0 Å². The zero-order valence-corrected chi connectivity index (χ0v) is 12.6. The Morgan fingerprint density at radius 3 is 3.00 bits per heavy atom. The minimum Gasteiger partial charge on any atom is -0.469 e. The number of esters is 1. The van der Waals surface area contributed by atoms with E-state index >= 15 is 0 Å². The molecule has 0 bridgehead atoms. The second kappa shape index (κ2) is 6.36. The molecule has 0 N–H and O–H groups in total. The Labute approximate surface area is 126 Å². The van der Waals surface area contributed by atoms with Crippen LogP contribution >= 0.6 is 11.3 Å². The molecule has 1 aliphatic rings. The monoisotopic (exact) mass is 307 g/mol. The molecule has 0 unspecified atom stereocenters. The smallest absolute Gasteiger partial charge is 0.308 e. The van der Waals surface area contributed by atoms with Crippen molar-refractivity contribution in [1.29, 1.82) is 0 Å². The van der Waals surface area contributed by atoms with Gasteiger partial charge in [0, 0.05) is 0 Å². The highest BCUT2D eigenvalue weighted by Crippen LogP contribution is 2.23. The third kappa shape index (κ3) is 3.30. The maximum atomic E-state index is 11.5. The van der Waals surface area contributed by atoms with E-state index in [0.29, 0.717) is 18.3 Å². The Kier molecular flexibility index (Phi) is 4.31. The standard InChI is InChI=1S/C14H17N3O3S/c1-19-14(18)10-4-6-17(7-5-10)9-12-15-13(16-20-12)11-3-2-8-21-11/h2-3,8,10H,4-7,9H2,1H3. The molecule has 0 aliphatic carbocycles. The molecular weight excluding hydrogens is 290 g/mol. The van der Waals surface area contributed by atoms with Crippen LogP contribution in [0.25, 0.3) is 10.7 Å². The number of hydrogen-bond acceptors (Lipinski definition) is 7. The van der Waals surface area contributed by atoms with Crippen LogP contribution in [0, 0.1) is 5.92 Å². The molecule has 6 nitrogen and oxygen atoms in total. The number of hydrogen-bond donors (Lipinski definition) is 0. The van der Waals surface area contributed by atoms with Crippen LogP contribution in [0.15, 0.2) is 22.0 Å². The van der Waals surface area contributed by atoms with Crippen molar-refractivity contribution < 1.29 is 14.1 Å². The second-order valence-electron chi connectivity index (χ2n) is 5.06. The van der Waals surface area contributed by atoms with E-state index in [9.17, 15) is 4.79 Å². The zero-order valence-electron chi connectivity index (χ0n) is 11.8. The summed E-state index contributed by atoms with van der Waals surface area (Å²) in [7, 11) is 1.44. The molecule has 112 valence electrons. The van der Waals surface area contributed by atoms with E-state index < -0.39 is 0 Å². The quantitative estimate of drug-likeness (QED) is 0.807. The van der Waals surface area contributed by atoms with Crippen molar-refractivity contribution in [2.75, 3.05) is 20.2 Å². The molecule has 21 heavy (non-hydrogen) atoms. The van der Waals surface area contributed by atoms with Crippen molar-refractivity contribution in [3.05, 3.63) is 23.4 Å². The summed E-state index contributed by atoms with van der Waals surface area (Å²) >= 11 is 1.59. The number of nitrogens with zero attached hydrogens (tertiary/aromatic N) is 3. The fourth-order valence-corrected chi connectivity index (χ4v) is 3.16. The van der Waals surface area contributed by atoms with E-state index in [2.05, 4.69) is 15.0 Å². The van der Waals surface area contributed by atoms with Crippen LogP contribution in [0.4, 0.5) is 0 Å². The van der Waals surface area contributed by atoms with Crippen molar-refractivity contribution >= 4 is 17.3 Å². The molecule has 2 aromatic rings. The number of rotatable bonds is 4. The third-order valence-corrected chi connectivity index (χ3v) is 4.56. The van der Waals surface area contributed by atoms with Crippen molar-refractivity contribution in [3.63, 3.8) is 0 Å². The average molecular weight is 307 g/mol. The zero-order chi connectivity index (χ0) is 14.7. The topological polar surface area (TPSA) is 68.5 Å². The minimum absolute atomic E-state index is 0.0237. The Morgan fingerprint density at radius 2 is 2.33 bits per heavy atom. The lowest BCUT2D eigenvalue weighted by molar-refractivity contribution is -0.147. The highest BCUT2D eigenvalue weighted by molar-refractivity contribution is 7.13. The maximum absolute atomic E-state index is 11.5. The summed E-state index contributed by atoms with van der Waals surface area (Å²) in [6.45, 7) is 2.32. The van der Waals surface area contributed by atoms with Crippen LogP contribution in [0.2, 0.25) is 0 Å². The first-order valence-corrected chi connectivity index (χ1v) is 7.81. The number of ether oxygens (including phenoxy) is 1. The number of methoxy groups -OCH3 is 1. The van der Waals surface area contributed by atoms with Gasteiger partial charge in [-0.1, -0.05) is 11.2 Å². The van der Waals surface area contributed by atoms with Gasteiger partial charge < -0.3 is 9.26 Å². The molecule has 0 amide bonds. The van der Waals surface area contributed by atoms with Crippen LogP contribution in [0.5, 0.6) is 0 Å². The molecule has 1 fully saturated rings. The molecule has 0 radical (unpaired) electrons. The van der Waals surface area contributed by atoms with Crippen LogP contribution in [-0.4, -0.2) is 41.2 Å². The van der Waals surface area contributed by atoms with Gasteiger partial charge >= 0.3 is 5.97 Å². The van der Waals surface area contributed by atoms with Crippen LogP contribution in [0.3, 0.4) is 0 Å². The van der Waals surface area contributed by atoms with Crippen LogP contribution in [0.1, 0.15) is 18.7 Å². The fraction of sp³-hybridized carbons (Fsp3) is 0.500. The van der Waals surface area contributed by atoms with Gasteiger partial charge in [0.2, 0.25) is 11.7 Å². The van der Waals surface area contributed by atoms with Gasteiger partial charge in [-0.2, -0.15) is 4.98 Å². The molecule has 3 heterocycles. The second-order valence-corrected chi connectivity index (χ2v) is 6.01. The number of likely N-dealkylation sites (tertiary alicyclic amines) is 1. The predicted octanol–water partition coefficient (Wildman–Crippen LogP) is 2.18. The lowest BCUT2D eigenvalue weighted by Gasteiger charge is -2.29. The molecular formula is C14H17N3O3S. The number of carbonyl (C=O) groups is 1. The lowest BCUT2D eigenvalue weighted by atomic mass is 9.97. The van der Waals surface area contributed by atoms with Crippen molar-refractivity contribution in [2.45, 2.75) is 19.4 Å². The Balaban J connectivity index is 1.55. The Bertz CT molecular complexity index is 588. The van der Waals surface area contributed by atoms with E-state index in [-0.39, 0.29) is 11.9 Å². The van der Waals surface area contributed by atoms with E-state index in [0.717, 1.165) is 30.8 Å². The Hall–Kier alpha value is -1.73. The largest absolute Gasteiger partial charge is 0.469 e. The summed E-state index contributed by atoms with van der Waals surface area (Å²) in [5.41, 5.74) is 0. The first-order chi connectivity index (χ1) is 10.3. The third-order valence-electron chi connectivity index (χ3n) is 3.69.